The number of alkyl halides is 5. The minimum atomic E-state index is -4.68. The highest BCUT2D eigenvalue weighted by Crippen LogP contribution is 2.27. The fraction of sp³-hybridized carbons (Fsp3) is 0.286. The number of rotatable bonds is 4. The molecule has 0 amide bonds. The maximum atomic E-state index is 14.0. The smallest absolute Gasteiger partial charge is 0.425 e. The van der Waals surface area contributed by atoms with Crippen molar-refractivity contribution in [2.75, 3.05) is 0 Å². The van der Waals surface area contributed by atoms with Crippen molar-refractivity contribution >= 4 is 5.65 Å². The molecule has 0 aliphatic carbocycles. The lowest BCUT2D eigenvalue weighted by atomic mass is 10.2. The lowest BCUT2D eigenvalue weighted by molar-refractivity contribution is -0.190. The van der Waals surface area contributed by atoms with Crippen molar-refractivity contribution in [2.45, 2.75) is 25.6 Å². The summed E-state index contributed by atoms with van der Waals surface area (Å²) in [6, 6.07) is 0.839. The average Bonchev–Trinajstić information content (AvgIpc) is 2.99. The average molecular weight is 377 g/mol. The monoisotopic (exact) mass is 377 g/mol. The summed E-state index contributed by atoms with van der Waals surface area (Å²) in [7, 11) is 0. The van der Waals surface area contributed by atoms with Gasteiger partial charge in [0.25, 0.3) is 12.3 Å². The van der Waals surface area contributed by atoms with E-state index in [0.717, 1.165) is 29.1 Å². The summed E-state index contributed by atoms with van der Waals surface area (Å²) < 4.78 is 82.6. The molecule has 0 radical (unpaired) electrons. The van der Waals surface area contributed by atoms with Crippen LogP contribution in [-0.4, -0.2) is 36.8 Å². The molecule has 12 heteroatoms. The number of fused-ring (bicyclic) bond motifs is 1. The molecule has 0 fully saturated rings. The second-order valence-corrected chi connectivity index (χ2v) is 5.17. The van der Waals surface area contributed by atoms with Gasteiger partial charge >= 0.3 is 6.18 Å². The first-order valence-corrected chi connectivity index (χ1v) is 7.05. The van der Waals surface area contributed by atoms with Crippen molar-refractivity contribution in [3.8, 4) is 17.1 Å². The lowest BCUT2D eigenvalue weighted by Gasteiger charge is -2.17. The van der Waals surface area contributed by atoms with E-state index < -0.39 is 36.2 Å². The summed E-state index contributed by atoms with van der Waals surface area (Å²) in [6.45, 7) is 0.711. The summed E-state index contributed by atoms with van der Waals surface area (Å²) in [5.74, 6) is -2.62. The summed E-state index contributed by atoms with van der Waals surface area (Å²) in [5, 5.41) is 6.84. The summed E-state index contributed by atoms with van der Waals surface area (Å²) in [6.07, 6.45) is -6.53. The van der Waals surface area contributed by atoms with Crippen LogP contribution in [0.2, 0.25) is 0 Å². The van der Waals surface area contributed by atoms with Gasteiger partial charge in [0, 0.05) is 18.0 Å². The van der Waals surface area contributed by atoms with E-state index in [1.54, 1.807) is 0 Å². The van der Waals surface area contributed by atoms with Crippen LogP contribution in [0.3, 0.4) is 0 Å². The molecule has 0 aromatic carbocycles. The Hall–Kier alpha value is -2.92. The Balaban J connectivity index is 1.94. The van der Waals surface area contributed by atoms with Gasteiger partial charge in [-0.25, -0.2) is 18.2 Å². The van der Waals surface area contributed by atoms with E-state index in [9.17, 15) is 26.3 Å². The number of nitrogens with zero attached hydrogens (tertiary/aromatic N) is 5. The molecule has 0 bridgehead atoms. The SMILES string of the molecule is C[C@@H](Oc1ncc(-c2cn3c(C(F)F)nnc3cn2)cc1F)C(F)(F)F. The maximum Gasteiger partial charge on any atom is 0.425 e. The zero-order chi connectivity index (χ0) is 19.1. The Bertz CT molecular complexity index is 941. The van der Waals surface area contributed by atoms with Crippen molar-refractivity contribution in [3.05, 3.63) is 36.3 Å². The van der Waals surface area contributed by atoms with Gasteiger partial charge in [-0.15, -0.1) is 10.2 Å². The third-order valence-electron chi connectivity index (χ3n) is 3.37. The van der Waals surface area contributed by atoms with Gasteiger partial charge in [-0.2, -0.15) is 13.2 Å². The van der Waals surface area contributed by atoms with Crippen LogP contribution in [0.5, 0.6) is 5.88 Å². The van der Waals surface area contributed by atoms with Gasteiger partial charge in [0.15, 0.2) is 17.6 Å². The van der Waals surface area contributed by atoms with Crippen LogP contribution < -0.4 is 4.74 Å². The van der Waals surface area contributed by atoms with E-state index in [1.165, 1.54) is 0 Å². The predicted molar refractivity (Wildman–Crippen MR) is 75.1 cm³/mol. The molecule has 0 aliphatic rings. The van der Waals surface area contributed by atoms with Crippen molar-refractivity contribution in [1.29, 1.82) is 0 Å². The molecule has 3 aromatic heterocycles. The summed E-state index contributed by atoms with van der Waals surface area (Å²) in [5.41, 5.74) is 0.141. The number of aromatic nitrogens is 5. The Morgan fingerprint density at radius 3 is 2.46 bits per heavy atom. The molecule has 0 saturated heterocycles. The van der Waals surface area contributed by atoms with Gasteiger partial charge in [0.05, 0.1) is 11.9 Å². The van der Waals surface area contributed by atoms with E-state index in [4.69, 9.17) is 0 Å². The van der Waals surface area contributed by atoms with E-state index >= 15 is 0 Å². The highest BCUT2D eigenvalue weighted by molar-refractivity contribution is 5.59. The van der Waals surface area contributed by atoms with Crippen molar-refractivity contribution in [1.82, 2.24) is 24.6 Å². The van der Waals surface area contributed by atoms with Gasteiger partial charge in [-0.3, -0.25) is 9.38 Å². The van der Waals surface area contributed by atoms with Crippen molar-refractivity contribution in [2.24, 2.45) is 0 Å². The van der Waals surface area contributed by atoms with Crippen molar-refractivity contribution < 1.29 is 31.1 Å². The van der Waals surface area contributed by atoms with Gasteiger partial charge in [-0.1, -0.05) is 0 Å². The molecule has 0 N–H and O–H groups in total. The Morgan fingerprint density at radius 1 is 1.12 bits per heavy atom. The first kappa shape index (κ1) is 17.9. The summed E-state index contributed by atoms with van der Waals surface area (Å²) in [4.78, 5) is 7.43. The van der Waals surface area contributed by atoms with E-state index in [-0.39, 0.29) is 16.9 Å². The Morgan fingerprint density at radius 2 is 1.85 bits per heavy atom. The number of hydrogen-bond acceptors (Lipinski definition) is 5. The maximum absolute atomic E-state index is 14.0. The molecule has 1 atom stereocenters. The molecule has 26 heavy (non-hydrogen) atoms. The molecule has 6 nitrogen and oxygen atoms in total. The van der Waals surface area contributed by atoms with Crippen LogP contribution in [0.1, 0.15) is 19.2 Å². The van der Waals surface area contributed by atoms with Crippen LogP contribution in [0.15, 0.2) is 24.7 Å². The standard InChI is InChI=1S/C14H9F6N5O/c1-6(14(18,19)20)26-13-8(15)2-7(3-22-13)9-5-25-10(4-21-9)23-24-12(25)11(16)17/h2-6,11H,1H3/t6-/m1/s1. The summed E-state index contributed by atoms with van der Waals surface area (Å²) >= 11 is 0. The number of pyridine rings is 1. The molecular formula is C14H9F6N5O. The minimum absolute atomic E-state index is 0.0426. The number of ether oxygens (including phenoxy) is 1. The van der Waals surface area contributed by atoms with Crippen LogP contribution >= 0.6 is 0 Å². The molecule has 3 aromatic rings. The zero-order valence-electron chi connectivity index (χ0n) is 12.9. The Labute approximate surface area is 141 Å². The molecule has 0 saturated carbocycles. The second kappa shape index (κ2) is 6.42. The second-order valence-electron chi connectivity index (χ2n) is 5.17. The molecule has 3 rings (SSSR count). The topological polar surface area (TPSA) is 65.2 Å². The fourth-order valence-electron chi connectivity index (χ4n) is 2.00. The van der Waals surface area contributed by atoms with Crippen LogP contribution in [0, 0.1) is 5.82 Å². The predicted octanol–water partition coefficient (Wildman–Crippen LogP) is 3.59. The van der Waals surface area contributed by atoms with Crippen LogP contribution in [0.4, 0.5) is 26.3 Å². The van der Waals surface area contributed by atoms with Gasteiger partial charge < -0.3 is 4.74 Å². The highest BCUT2D eigenvalue weighted by atomic mass is 19.4. The third-order valence-corrected chi connectivity index (χ3v) is 3.37. The third kappa shape index (κ3) is 3.39. The van der Waals surface area contributed by atoms with Crippen molar-refractivity contribution in [3.63, 3.8) is 0 Å². The van der Waals surface area contributed by atoms with Gasteiger partial charge in [-0.05, 0) is 13.0 Å². The number of hydrogen-bond donors (Lipinski definition) is 0. The first-order valence-electron chi connectivity index (χ1n) is 7.05. The van der Waals surface area contributed by atoms with Gasteiger partial charge in [0.1, 0.15) is 0 Å². The van der Waals surface area contributed by atoms with Crippen LogP contribution in [0.25, 0.3) is 16.9 Å². The molecule has 138 valence electrons. The Kier molecular flexibility index (Phi) is 4.42. The normalized spacial score (nSPS) is 13.4. The molecule has 0 unspecified atom stereocenters. The lowest BCUT2D eigenvalue weighted by Crippen LogP contribution is -2.31. The first-order chi connectivity index (χ1) is 12.2. The zero-order valence-corrected chi connectivity index (χ0v) is 12.9. The minimum Gasteiger partial charge on any atom is -0.463 e. The molecule has 0 spiro atoms. The van der Waals surface area contributed by atoms with Gasteiger partial charge in [0.2, 0.25) is 5.82 Å². The van der Waals surface area contributed by atoms with E-state index in [0.29, 0.717) is 6.92 Å². The van der Waals surface area contributed by atoms with E-state index in [2.05, 4.69) is 24.9 Å². The molecule has 3 heterocycles. The quantitative estimate of drug-likeness (QED) is 0.650. The largest absolute Gasteiger partial charge is 0.463 e. The number of halogens is 6. The molecule has 0 aliphatic heterocycles. The molecular weight excluding hydrogens is 368 g/mol. The highest BCUT2D eigenvalue weighted by Gasteiger charge is 2.38. The van der Waals surface area contributed by atoms with E-state index in [1.807, 2.05) is 0 Å². The fourth-order valence-corrected chi connectivity index (χ4v) is 2.00. The van der Waals surface area contributed by atoms with Crippen LogP contribution in [-0.2, 0) is 0 Å².